The molecule has 4 aromatic rings. The molecule has 4 nitrogen and oxygen atoms in total. The summed E-state index contributed by atoms with van der Waals surface area (Å²) in [4.78, 5) is 11.4. The topological polar surface area (TPSA) is 38.2 Å². The number of aryl methyl sites for hydroxylation is 2. The molecule has 5 heteroatoms. The summed E-state index contributed by atoms with van der Waals surface area (Å²) in [5.41, 5.74) is 9.16. The normalized spacial score (nSPS) is 14.5. The van der Waals surface area contributed by atoms with Gasteiger partial charge in [0, 0.05) is 43.2 Å². The van der Waals surface area contributed by atoms with E-state index >= 15 is 0 Å². The number of fused-ring (bicyclic) bond motifs is 2. The first-order valence-corrected chi connectivity index (χ1v) is 11.3. The smallest absolute Gasteiger partial charge is 0.131 e. The van der Waals surface area contributed by atoms with Gasteiger partial charge in [0.25, 0.3) is 0 Å². The molecule has 30 heavy (non-hydrogen) atoms. The average Bonchev–Trinajstić information content (AvgIpc) is 3.09. The van der Waals surface area contributed by atoms with Crippen molar-refractivity contribution in [3.63, 3.8) is 0 Å². The van der Waals surface area contributed by atoms with Crippen LogP contribution in [0.3, 0.4) is 0 Å². The third-order valence-electron chi connectivity index (χ3n) is 5.66. The third-order valence-corrected chi connectivity index (χ3v) is 6.47. The highest BCUT2D eigenvalue weighted by molar-refractivity contribution is 7.16. The third kappa shape index (κ3) is 4.23. The number of hydrogen-bond donors (Lipinski definition) is 0. The minimum absolute atomic E-state index is 0.854. The quantitative estimate of drug-likeness (QED) is 0.428. The van der Waals surface area contributed by atoms with Gasteiger partial charge >= 0.3 is 0 Å². The first-order chi connectivity index (χ1) is 14.6. The van der Waals surface area contributed by atoms with Gasteiger partial charge in [0.1, 0.15) is 11.5 Å². The molecule has 2 aromatic heterocycles. The molecule has 5 rings (SSSR count). The average molecular weight is 416 g/mol. The molecular weight excluding hydrogens is 390 g/mol. The van der Waals surface area contributed by atoms with Gasteiger partial charge in [-0.3, -0.25) is 9.88 Å². The molecule has 0 fully saturated rings. The van der Waals surface area contributed by atoms with Crippen LogP contribution in [0.2, 0.25) is 0 Å². The zero-order valence-electron chi connectivity index (χ0n) is 17.4. The lowest BCUT2D eigenvalue weighted by molar-refractivity contribution is 0.279. The molecule has 0 N–H and O–H groups in total. The number of aromatic nitrogens is 2. The standard InChI is InChI=1S/C25H25N3OS/c1-17-11-23(12-18(2)27-17)29-22-5-4-20-7-9-28(10-8-21(20)14-22)15-19-3-6-25-24(13-19)26-16-30-25/h3-6,11-14,16H,7-10,15H2,1-2H3. The number of benzene rings is 2. The molecule has 152 valence electrons. The van der Waals surface area contributed by atoms with Crippen molar-refractivity contribution in [1.82, 2.24) is 14.9 Å². The zero-order valence-corrected chi connectivity index (χ0v) is 18.2. The van der Waals surface area contributed by atoms with Gasteiger partial charge in [-0.05, 0) is 67.6 Å². The molecule has 0 saturated carbocycles. The summed E-state index contributed by atoms with van der Waals surface area (Å²) >= 11 is 1.70. The van der Waals surface area contributed by atoms with E-state index < -0.39 is 0 Å². The molecule has 3 heterocycles. The Labute approximate surface area is 181 Å². The van der Waals surface area contributed by atoms with Crippen LogP contribution < -0.4 is 4.74 Å². The van der Waals surface area contributed by atoms with E-state index in [1.165, 1.54) is 21.4 Å². The van der Waals surface area contributed by atoms with E-state index in [1.54, 1.807) is 11.3 Å². The molecule has 0 aliphatic carbocycles. The van der Waals surface area contributed by atoms with Gasteiger partial charge in [-0.25, -0.2) is 4.98 Å². The van der Waals surface area contributed by atoms with E-state index in [4.69, 9.17) is 4.74 Å². The summed E-state index contributed by atoms with van der Waals surface area (Å²) in [6.07, 6.45) is 2.11. The van der Waals surface area contributed by atoms with Crippen molar-refractivity contribution in [3.8, 4) is 11.5 Å². The Bertz CT molecular complexity index is 1180. The fraction of sp³-hybridized carbons (Fsp3) is 0.280. The fourth-order valence-corrected chi connectivity index (χ4v) is 4.88. The molecule has 0 radical (unpaired) electrons. The number of hydrogen-bond acceptors (Lipinski definition) is 5. The van der Waals surface area contributed by atoms with Crippen molar-refractivity contribution in [2.75, 3.05) is 13.1 Å². The maximum atomic E-state index is 6.14. The van der Waals surface area contributed by atoms with Crippen LogP contribution in [-0.2, 0) is 19.4 Å². The minimum Gasteiger partial charge on any atom is -0.457 e. The predicted molar refractivity (Wildman–Crippen MR) is 123 cm³/mol. The highest BCUT2D eigenvalue weighted by Crippen LogP contribution is 2.27. The molecule has 1 aliphatic rings. The lowest BCUT2D eigenvalue weighted by Gasteiger charge is -2.19. The van der Waals surface area contributed by atoms with Crippen molar-refractivity contribution in [1.29, 1.82) is 0 Å². The van der Waals surface area contributed by atoms with Crippen LogP contribution in [0.1, 0.15) is 28.1 Å². The molecule has 1 aliphatic heterocycles. The van der Waals surface area contributed by atoms with E-state index in [-0.39, 0.29) is 0 Å². The van der Waals surface area contributed by atoms with Gasteiger partial charge < -0.3 is 4.74 Å². The van der Waals surface area contributed by atoms with Gasteiger partial charge in [0.2, 0.25) is 0 Å². The summed E-state index contributed by atoms with van der Waals surface area (Å²) in [6, 6.07) is 17.2. The van der Waals surface area contributed by atoms with Crippen molar-refractivity contribution >= 4 is 21.6 Å². The Balaban J connectivity index is 1.28. The Morgan fingerprint density at radius 3 is 2.53 bits per heavy atom. The van der Waals surface area contributed by atoms with Gasteiger partial charge in [-0.15, -0.1) is 11.3 Å². The van der Waals surface area contributed by atoms with Crippen LogP contribution >= 0.6 is 11.3 Å². The summed E-state index contributed by atoms with van der Waals surface area (Å²) in [6.45, 7) is 7.10. The largest absolute Gasteiger partial charge is 0.457 e. The summed E-state index contributed by atoms with van der Waals surface area (Å²) in [7, 11) is 0. The summed E-state index contributed by atoms with van der Waals surface area (Å²) in [5, 5.41) is 0. The second kappa shape index (κ2) is 8.17. The van der Waals surface area contributed by atoms with Crippen molar-refractivity contribution in [3.05, 3.63) is 82.1 Å². The first-order valence-electron chi connectivity index (χ1n) is 10.4. The number of ether oxygens (including phenoxy) is 1. The first kappa shape index (κ1) is 19.2. The van der Waals surface area contributed by atoms with Crippen molar-refractivity contribution in [2.24, 2.45) is 0 Å². The van der Waals surface area contributed by atoms with E-state index in [1.807, 2.05) is 31.5 Å². The van der Waals surface area contributed by atoms with E-state index in [2.05, 4.69) is 51.3 Å². The van der Waals surface area contributed by atoms with Crippen LogP contribution in [0.25, 0.3) is 10.2 Å². The summed E-state index contributed by atoms with van der Waals surface area (Å²) in [5.74, 6) is 1.76. The van der Waals surface area contributed by atoms with Gasteiger partial charge in [0.05, 0.1) is 15.7 Å². The maximum absolute atomic E-state index is 6.14. The molecule has 0 saturated heterocycles. The number of rotatable bonds is 4. The molecule has 2 aromatic carbocycles. The second-order valence-corrected chi connectivity index (χ2v) is 8.94. The molecule has 0 unspecified atom stereocenters. The molecule has 0 bridgehead atoms. The highest BCUT2D eigenvalue weighted by Gasteiger charge is 2.15. The van der Waals surface area contributed by atoms with Crippen LogP contribution in [-0.4, -0.2) is 28.0 Å². The van der Waals surface area contributed by atoms with Crippen LogP contribution in [0, 0.1) is 13.8 Å². The number of nitrogens with zero attached hydrogens (tertiary/aromatic N) is 3. The molecule has 0 atom stereocenters. The van der Waals surface area contributed by atoms with Crippen LogP contribution in [0.5, 0.6) is 11.5 Å². The van der Waals surface area contributed by atoms with Gasteiger partial charge in [-0.2, -0.15) is 0 Å². The molecular formula is C25H25N3OS. The molecule has 0 spiro atoms. The summed E-state index contributed by atoms with van der Waals surface area (Å²) < 4.78 is 7.40. The van der Waals surface area contributed by atoms with Gasteiger partial charge in [-0.1, -0.05) is 12.1 Å². The van der Waals surface area contributed by atoms with Gasteiger partial charge in [0.15, 0.2) is 0 Å². The Morgan fingerprint density at radius 2 is 1.70 bits per heavy atom. The van der Waals surface area contributed by atoms with E-state index in [0.717, 1.165) is 60.9 Å². The Hall–Kier alpha value is -2.76. The number of pyridine rings is 1. The minimum atomic E-state index is 0.854. The Morgan fingerprint density at radius 1 is 0.900 bits per heavy atom. The van der Waals surface area contributed by atoms with E-state index in [9.17, 15) is 0 Å². The lowest BCUT2D eigenvalue weighted by atomic mass is 10.0. The SMILES string of the molecule is Cc1cc(Oc2ccc3c(c2)CCN(Cc2ccc4scnc4c2)CC3)cc(C)n1. The lowest BCUT2D eigenvalue weighted by Crippen LogP contribution is -2.25. The van der Waals surface area contributed by atoms with E-state index in [0.29, 0.717) is 0 Å². The maximum Gasteiger partial charge on any atom is 0.131 e. The zero-order chi connectivity index (χ0) is 20.5. The monoisotopic (exact) mass is 415 g/mol. The van der Waals surface area contributed by atoms with Crippen molar-refractivity contribution in [2.45, 2.75) is 33.2 Å². The van der Waals surface area contributed by atoms with Crippen molar-refractivity contribution < 1.29 is 4.74 Å². The fourth-order valence-electron chi connectivity index (χ4n) is 4.22. The highest BCUT2D eigenvalue weighted by atomic mass is 32.1. The predicted octanol–water partition coefficient (Wildman–Crippen LogP) is 5.70. The van der Waals surface area contributed by atoms with Crippen LogP contribution in [0.15, 0.2) is 54.0 Å². The number of thiazole rings is 1. The van der Waals surface area contributed by atoms with Crippen LogP contribution in [0.4, 0.5) is 0 Å². The second-order valence-electron chi connectivity index (χ2n) is 8.05. The molecule has 0 amide bonds. The Kier molecular flexibility index (Phi) is 5.23.